The lowest BCUT2D eigenvalue weighted by atomic mass is 9.98. The van der Waals surface area contributed by atoms with E-state index in [9.17, 15) is 9.59 Å². The van der Waals surface area contributed by atoms with Crippen LogP contribution in [0.2, 0.25) is 0 Å². The van der Waals surface area contributed by atoms with Gasteiger partial charge in [-0.05, 0) is 62.6 Å². The molecule has 1 aromatic carbocycles. The zero-order valence-electron chi connectivity index (χ0n) is 16.2. The number of carbonyl (C=O) groups is 1. The van der Waals surface area contributed by atoms with Crippen molar-refractivity contribution in [1.29, 1.82) is 0 Å². The molecule has 0 radical (unpaired) electrons. The monoisotopic (exact) mass is 408 g/mol. The van der Waals surface area contributed by atoms with Gasteiger partial charge in [-0.2, -0.15) is 0 Å². The lowest BCUT2D eigenvalue weighted by Crippen LogP contribution is -2.25. The van der Waals surface area contributed by atoms with Crippen LogP contribution in [0.4, 0.5) is 0 Å². The molecular weight excluding hydrogens is 388 g/mol. The Kier molecular flexibility index (Phi) is 4.77. The normalized spacial score (nSPS) is 11.3. The Labute approximate surface area is 171 Å². The topological polar surface area (TPSA) is 52.0 Å². The predicted molar refractivity (Wildman–Crippen MR) is 117 cm³/mol. The predicted octanol–water partition coefficient (Wildman–Crippen LogP) is 5.30. The van der Waals surface area contributed by atoms with Crippen LogP contribution in [0.3, 0.4) is 0 Å². The van der Waals surface area contributed by atoms with E-state index in [1.807, 2.05) is 57.3 Å². The van der Waals surface area contributed by atoms with Gasteiger partial charge >= 0.3 is 0 Å². The molecule has 0 fully saturated rings. The number of hydrogen-bond donors (Lipinski definition) is 0. The summed E-state index contributed by atoms with van der Waals surface area (Å²) in [6.07, 6.45) is 1.49. The molecule has 0 amide bonds. The van der Waals surface area contributed by atoms with Crippen LogP contribution in [-0.4, -0.2) is 15.3 Å². The van der Waals surface area contributed by atoms with Crippen molar-refractivity contribution in [3.8, 4) is 10.4 Å². The molecule has 6 heteroatoms. The van der Waals surface area contributed by atoms with Crippen molar-refractivity contribution >= 4 is 38.7 Å². The first kappa shape index (κ1) is 18.8. The number of nitrogens with zero attached hydrogens (tertiary/aromatic N) is 2. The van der Waals surface area contributed by atoms with Crippen LogP contribution in [0.15, 0.2) is 40.8 Å². The van der Waals surface area contributed by atoms with Crippen molar-refractivity contribution < 1.29 is 4.79 Å². The van der Waals surface area contributed by atoms with Gasteiger partial charge in [-0.25, -0.2) is 4.98 Å². The van der Waals surface area contributed by atoms with Gasteiger partial charge in [-0.1, -0.05) is 6.07 Å². The first-order valence-electron chi connectivity index (χ1n) is 8.99. The van der Waals surface area contributed by atoms with Gasteiger partial charge in [0.1, 0.15) is 4.83 Å². The van der Waals surface area contributed by atoms with E-state index in [1.165, 1.54) is 27.1 Å². The molecule has 0 atom stereocenters. The largest absolute Gasteiger partial charge is 0.292 e. The van der Waals surface area contributed by atoms with Crippen LogP contribution in [0.1, 0.15) is 31.9 Å². The number of carbonyl (C=O) groups excluding carboxylic acids is 1. The smallest absolute Gasteiger partial charge is 0.263 e. The summed E-state index contributed by atoms with van der Waals surface area (Å²) < 4.78 is 1.43. The minimum absolute atomic E-state index is 0.0101. The molecule has 4 nitrogen and oxygen atoms in total. The number of Topliss-reactive ketones (excluding diaryl/α,β-unsaturated/α-hetero) is 1. The first-order chi connectivity index (χ1) is 13.3. The molecule has 0 aliphatic rings. The van der Waals surface area contributed by atoms with E-state index in [-0.39, 0.29) is 17.9 Å². The second-order valence-electron chi connectivity index (χ2n) is 7.09. The van der Waals surface area contributed by atoms with Crippen LogP contribution in [0, 0.1) is 27.7 Å². The number of ketones is 1. The molecule has 0 saturated carbocycles. The SMILES string of the molecule is Cc1ccc(-c2csc3ncn(CC(=O)c4cc(C)c(C)cc4C)c(=O)c23)s1. The second-order valence-corrected chi connectivity index (χ2v) is 9.24. The molecule has 28 heavy (non-hydrogen) atoms. The third-order valence-corrected chi connectivity index (χ3v) is 6.94. The average Bonchev–Trinajstić information content (AvgIpc) is 3.26. The highest BCUT2D eigenvalue weighted by Crippen LogP contribution is 2.34. The Morgan fingerprint density at radius 3 is 2.54 bits per heavy atom. The van der Waals surface area contributed by atoms with Crippen LogP contribution >= 0.6 is 22.7 Å². The van der Waals surface area contributed by atoms with Gasteiger partial charge in [-0.3, -0.25) is 14.2 Å². The number of rotatable bonds is 4. The summed E-state index contributed by atoms with van der Waals surface area (Å²) in [5.74, 6) is -0.0763. The standard InChI is InChI=1S/C22H20N2O2S2/c1-12-7-14(3)16(8-13(12)2)18(25)9-24-11-23-21-20(22(24)26)17(10-27-21)19-6-5-15(4)28-19/h5-8,10-11H,9H2,1-4H3. The summed E-state index contributed by atoms with van der Waals surface area (Å²) in [5.41, 5.74) is 4.56. The molecule has 0 saturated heterocycles. The number of fused-ring (bicyclic) bond motifs is 1. The number of hydrogen-bond acceptors (Lipinski definition) is 5. The first-order valence-corrected chi connectivity index (χ1v) is 10.7. The van der Waals surface area contributed by atoms with Gasteiger partial charge in [0.05, 0.1) is 18.3 Å². The van der Waals surface area contributed by atoms with E-state index in [4.69, 9.17) is 0 Å². The van der Waals surface area contributed by atoms with Gasteiger partial charge < -0.3 is 0 Å². The van der Waals surface area contributed by atoms with E-state index >= 15 is 0 Å². The van der Waals surface area contributed by atoms with Gasteiger partial charge in [0.15, 0.2) is 5.78 Å². The third-order valence-electron chi connectivity index (χ3n) is 5.02. The maximum absolute atomic E-state index is 13.1. The van der Waals surface area contributed by atoms with Crippen LogP contribution in [0.5, 0.6) is 0 Å². The number of aryl methyl sites for hydroxylation is 4. The van der Waals surface area contributed by atoms with E-state index in [0.717, 1.165) is 27.1 Å². The van der Waals surface area contributed by atoms with Crippen molar-refractivity contribution in [2.24, 2.45) is 0 Å². The Hall–Kier alpha value is -2.57. The highest BCUT2D eigenvalue weighted by atomic mass is 32.1. The highest BCUT2D eigenvalue weighted by molar-refractivity contribution is 7.19. The molecular formula is C22H20N2O2S2. The minimum atomic E-state index is -0.165. The van der Waals surface area contributed by atoms with Gasteiger partial charge in [0.2, 0.25) is 0 Å². The van der Waals surface area contributed by atoms with E-state index in [0.29, 0.717) is 15.8 Å². The van der Waals surface area contributed by atoms with E-state index in [2.05, 4.69) is 4.98 Å². The Morgan fingerprint density at radius 2 is 1.82 bits per heavy atom. The molecule has 0 unspecified atom stereocenters. The number of benzene rings is 1. The fraction of sp³-hybridized carbons (Fsp3) is 0.227. The molecule has 142 valence electrons. The molecule has 4 aromatic rings. The van der Waals surface area contributed by atoms with Gasteiger partial charge in [0, 0.05) is 26.3 Å². The molecule has 0 bridgehead atoms. The fourth-order valence-corrected chi connectivity index (χ4v) is 5.20. The molecule has 3 heterocycles. The molecule has 0 aliphatic carbocycles. The van der Waals surface area contributed by atoms with Crippen LogP contribution < -0.4 is 5.56 Å². The van der Waals surface area contributed by atoms with Crippen LogP contribution in [-0.2, 0) is 6.54 Å². The average molecular weight is 409 g/mol. The maximum Gasteiger partial charge on any atom is 0.263 e. The Bertz CT molecular complexity index is 1280. The lowest BCUT2D eigenvalue weighted by molar-refractivity contribution is 0.0970. The summed E-state index contributed by atoms with van der Waals surface area (Å²) in [4.78, 5) is 33.4. The quantitative estimate of drug-likeness (QED) is 0.430. The summed E-state index contributed by atoms with van der Waals surface area (Å²) in [6.45, 7) is 7.99. The van der Waals surface area contributed by atoms with Gasteiger partial charge in [-0.15, -0.1) is 22.7 Å². The lowest BCUT2D eigenvalue weighted by Gasteiger charge is -2.10. The van der Waals surface area contributed by atoms with E-state index < -0.39 is 0 Å². The summed E-state index contributed by atoms with van der Waals surface area (Å²) in [7, 11) is 0. The highest BCUT2D eigenvalue weighted by Gasteiger charge is 2.17. The van der Waals surface area contributed by atoms with E-state index in [1.54, 1.807) is 11.3 Å². The molecule has 0 aliphatic heterocycles. The molecule has 0 spiro atoms. The van der Waals surface area contributed by atoms with Crippen molar-refractivity contribution in [3.05, 3.63) is 73.5 Å². The minimum Gasteiger partial charge on any atom is -0.292 e. The number of aromatic nitrogens is 2. The summed E-state index contributed by atoms with van der Waals surface area (Å²) >= 11 is 3.11. The Balaban J connectivity index is 1.76. The third kappa shape index (κ3) is 3.23. The fourth-order valence-electron chi connectivity index (χ4n) is 3.34. The summed E-state index contributed by atoms with van der Waals surface area (Å²) in [6, 6.07) is 8.00. The molecule has 4 rings (SSSR count). The van der Waals surface area contributed by atoms with Crippen molar-refractivity contribution in [3.63, 3.8) is 0 Å². The van der Waals surface area contributed by atoms with Crippen molar-refractivity contribution in [2.45, 2.75) is 34.2 Å². The van der Waals surface area contributed by atoms with Crippen LogP contribution in [0.25, 0.3) is 20.7 Å². The molecule has 3 aromatic heterocycles. The zero-order chi connectivity index (χ0) is 20.0. The van der Waals surface area contributed by atoms with Crippen molar-refractivity contribution in [1.82, 2.24) is 9.55 Å². The molecule has 0 N–H and O–H groups in total. The maximum atomic E-state index is 13.1. The van der Waals surface area contributed by atoms with Gasteiger partial charge in [0.25, 0.3) is 5.56 Å². The second kappa shape index (κ2) is 7.11. The number of thiophene rings is 2. The Morgan fingerprint density at radius 1 is 1.07 bits per heavy atom. The van der Waals surface area contributed by atoms with Crippen molar-refractivity contribution in [2.75, 3.05) is 0 Å². The zero-order valence-corrected chi connectivity index (χ0v) is 17.8. The summed E-state index contributed by atoms with van der Waals surface area (Å²) in [5, 5.41) is 2.57.